The van der Waals surface area contributed by atoms with Crippen molar-refractivity contribution in [3.63, 3.8) is 0 Å². The van der Waals surface area contributed by atoms with Gasteiger partial charge in [-0.2, -0.15) is 0 Å². The number of hydrogen-bond donors (Lipinski definition) is 2. The van der Waals surface area contributed by atoms with Gasteiger partial charge in [0.2, 0.25) is 5.95 Å². The van der Waals surface area contributed by atoms with Crippen LogP contribution in [0.3, 0.4) is 0 Å². The van der Waals surface area contributed by atoms with Crippen LogP contribution in [-0.4, -0.2) is 28.5 Å². The Balaban J connectivity index is 1.95. The molecule has 6 heteroatoms. The van der Waals surface area contributed by atoms with Gasteiger partial charge in [-0.3, -0.25) is 4.79 Å². The molecule has 0 bridgehead atoms. The molecule has 0 radical (unpaired) electrons. The summed E-state index contributed by atoms with van der Waals surface area (Å²) >= 11 is 5.86. The Morgan fingerprint density at radius 1 is 1.25 bits per heavy atom. The van der Waals surface area contributed by atoms with Gasteiger partial charge in [0.15, 0.2) is 0 Å². The van der Waals surface area contributed by atoms with E-state index in [0.29, 0.717) is 23.2 Å². The fourth-order valence-electron chi connectivity index (χ4n) is 2.13. The number of nitrogens with zero attached hydrogens (tertiary/aromatic N) is 2. The Morgan fingerprint density at radius 2 is 1.96 bits per heavy atom. The minimum absolute atomic E-state index is 0.193. The van der Waals surface area contributed by atoms with E-state index in [0.717, 1.165) is 24.1 Å². The number of rotatable bonds is 7. The minimum atomic E-state index is -0.193. The van der Waals surface area contributed by atoms with Crippen LogP contribution in [0.25, 0.3) is 0 Å². The van der Waals surface area contributed by atoms with E-state index in [9.17, 15) is 4.79 Å². The largest absolute Gasteiger partial charge is 0.352 e. The molecule has 0 spiro atoms. The second-order valence-corrected chi connectivity index (χ2v) is 6.24. The fourth-order valence-corrected chi connectivity index (χ4v) is 2.26. The molecule has 2 N–H and O–H groups in total. The second-order valence-electron chi connectivity index (χ2n) is 5.80. The summed E-state index contributed by atoms with van der Waals surface area (Å²) in [6, 6.07) is 9.56. The van der Waals surface area contributed by atoms with Crippen LogP contribution in [-0.2, 0) is 6.42 Å². The van der Waals surface area contributed by atoms with Gasteiger partial charge in [-0.15, -0.1) is 0 Å². The number of amides is 1. The third-order valence-electron chi connectivity index (χ3n) is 3.69. The van der Waals surface area contributed by atoms with E-state index in [1.165, 1.54) is 0 Å². The molecule has 128 valence electrons. The molecule has 0 saturated heterocycles. The molecule has 1 aromatic heterocycles. The molecule has 0 aliphatic rings. The average Bonchev–Trinajstić information content (AvgIpc) is 2.56. The molecule has 2 rings (SSSR count). The number of halogens is 1. The molecule has 1 amide bonds. The molecule has 0 aliphatic heterocycles. The SMILES string of the molecule is CCC(C)Nc1nc(C)cc(C(=O)NCCc2ccc(Cl)cc2)n1. The predicted molar refractivity (Wildman–Crippen MR) is 97.6 cm³/mol. The Morgan fingerprint density at radius 3 is 2.62 bits per heavy atom. The first-order valence-corrected chi connectivity index (χ1v) is 8.50. The number of anilines is 1. The van der Waals surface area contributed by atoms with Crippen LogP contribution in [0.5, 0.6) is 0 Å². The van der Waals surface area contributed by atoms with E-state index in [1.807, 2.05) is 31.2 Å². The molecular formula is C18H23ClN4O. The van der Waals surface area contributed by atoms with Crippen molar-refractivity contribution in [2.24, 2.45) is 0 Å². The molecule has 0 fully saturated rings. The topological polar surface area (TPSA) is 66.9 Å². The number of carbonyl (C=O) groups excluding carboxylic acids is 1. The maximum Gasteiger partial charge on any atom is 0.270 e. The lowest BCUT2D eigenvalue weighted by molar-refractivity contribution is 0.0949. The molecular weight excluding hydrogens is 324 g/mol. The summed E-state index contributed by atoms with van der Waals surface area (Å²) in [5.74, 6) is 0.300. The van der Waals surface area contributed by atoms with Crippen LogP contribution in [0.2, 0.25) is 5.02 Å². The molecule has 1 atom stereocenters. The zero-order chi connectivity index (χ0) is 17.5. The van der Waals surface area contributed by atoms with Crippen LogP contribution in [0.15, 0.2) is 30.3 Å². The van der Waals surface area contributed by atoms with Crippen LogP contribution >= 0.6 is 11.6 Å². The number of aromatic nitrogens is 2. The average molecular weight is 347 g/mol. The molecule has 1 heterocycles. The van der Waals surface area contributed by atoms with Gasteiger partial charge >= 0.3 is 0 Å². The van der Waals surface area contributed by atoms with E-state index in [-0.39, 0.29) is 11.9 Å². The highest BCUT2D eigenvalue weighted by Gasteiger charge is 2.11. The quantitative estimate of drug-likeness (QED) is 0.803. The maximum atomic E-state index is 12.3. The number of hydrogen-bond acceptors (Lipinski definition) is 4. The Hall–Kier alpha value is -2.14. The standard InChI is InChI=1S/C18H23ClN4O/c1-4-12(2)21-18-22-13(3)11-16(23-18)17(24)20-10-9-14-5-7-15(19)8-6-14/h5-8,11-12H,4,9-10H2,1-3H3,(H,20,24)(H,21,22,23). The zero-order valence-electron chi connectivity index (χ0n) is 14.3. The van der Waals surface area contributed by atoms with Crippen molar-refractivity contribution in [1.29, 1.82) is 0 Å². The Labute approximate surface area is 147 Å². The highest BCUT2D eigenvalue weighted by molar-refractivity contribution is 6.30. The lowest BCUT2D eigenvalue weighted by atomic mass is 10.1. The van der Waals surface area contributed by atoms with Crippen LogP contribution in [0, 0.1) is 6.92 Å². The molecule has 1 aromatic carbocycles. The van der Waals surface area contributed by atoms with Gasteiger partial charge in [-0.05, 0) is 50.5 Å². The van der Waals surface area contributed by atoms with Gasteiger partial charge in [0.1, 0.15) is 5.69 Å². The van der Waals surface area contributed by atoms with E-state index in [1.54, 1.807) is 6.07 Å². The summed E-state index contributed by atoms with van der Waals surface area (Å²) in [5.41, 5.74) is 2.26. The third-order valence-corrected chi connectivity index (χ3v) is 3.94. The number of nitrogens with one attached hydrogen (secondary N) is 2. The van der Waals surface area contributed by atoms with Crippen molar-refractivity contribution in [3.05, 3.63) is 52.3 Å². The monoisotopic (exact) mass is 346 g/mol. The molecule has 0 aliphatic carbocycles. The molecule has 1 unspecified atom stereocenters. The maximum absolute atomic E-state index is 12.3. The summed E-state index contributed by atoms with van der Waals surface area (Å²) in [6.45, 7) is 6.53. The third kappa shape index (κ3) is 5.49. The first-order chi connectivity index (χ1) is 11.5. The first-order valence-electron chi connectivity index (χ1n) is 8.12. The fraction of sp³-hybridized carbons (Fsp3) is 0.389. The first kappa shape index (κ1) is 18.2. The second kappa shape index (κ2) is 8.64. The van der Waals surface area contributed by atoms with Crippen molar-refractivity contribution in [1.82, 2.24) is 15.3 Å². The minimum Gasteiger partial charge on any atom is -0.352 e. The molecule has 24 heavy (non-hydrogen) atoms. The van der Waals surface area contributed by atoms with Crippen molar-refractivity contribution >= 4 is 23.5 Å². The van der Waals surface area contributed by atoms with Gasteiger partial charge in [0, 0.05) is 23.3 Å². The molecule has 2 aromatic rings. The van der Waals surface area contributed by atoms with Crippen molar-refractivity contribution in [3.8, 4) is 0 Å². The summed E-state index contributed by atoms with van der Waals surface area (Å²) in [5, 5.41) is 6.80. The van der Waals surface area contributed by atoms with Crippen molar-refractivity contribution in [2.75, 3.05) is 11.9 Å². The Bertz CT molecular complexity index is 688. The summed E-state index contributed by atoms with van der Waals surface area (Å²) in [7, 11) is 0. The highest BCUT2D eigenvalue weighted by Crippen LogP contribution is 2.10. The van der Waals surface area contributed by atoms with E-state index in [4.69, 9.17) is 11.6 Å². The molecule has 0 saturated carbocycles. The van der Waals surface area contributed by atoms with Crippen LogP contribution < -0.4 is 10.6 Å². The number of benzene rings is 1. The molecule has 5 nitrogen and oxygen atoms in total. The normalized spacial score (nSPS) is 11.8. The predicted octanol–water partition coefficient (Wildman–Crippen LogP) is 3.62. The van der Waals surface area contributed by atoms with Crippen molar-refractivity contribution < 1.29 is 4.79 Å². The zero-order valence-corrected chi connectivity index (χ0v) is 15.0. The van der Waals surface area contributed by atoms with Gasteiger partial charge in [0.25, 0.3) is 5.91 Å². The van der Waals surface area contributed by atoms with Gasteiger partial charge < -0.3 is 10.6 Å². The summed E-state index contributed by atoms with van der Waals surface area (Å²) in [4.78, 5) is 20.9. The summed E-state index contributed by atoms with van der Waals surface area (Å²) in [6.07, 6.45) is 1.70. The van der Waals surface area contributed by atoms with E-state index in [2.05, 4.69) is 34.4 Å². The lowest BCUT2D eigenvalue weighted by Crippen LogP contribution is -2.27. The van der Waals surface area contributed by atoms with Crippen LogP contribution in [0.4, 0.5) is 5.95 Å². The number of carbonyl (C=O) groups is 1. The Kier molecular flexibility index (Phi) is 6.55. The van der Waals surface area contributed by atoms with Gasteiger partial charge in [-0.1, -0.05) is 30.7 Å². The number of aryl methyl sites for hydroxylation is 1. The van der Waals surface area contributed by atoms with Gasteiger partial charge in [0.05, 0.1) is 0 Å². The van der Waals surface area contributed by atoms with E-state index < -0.39 is 0 Å². The lowest BCUT2D eigenvalue weighted by Gasteiger charge is -2.13. The summed E-state index contributed by atoms with van der Waals surface area (Å²) < 4.78 is 0. The van der Waals surface area contributed by atoms with Crippen molar-refractivity contribution in [2.45, 2.75) is 39.7 Å². The van der Waals surface area contributed by atoms with Gasteiger partial charge in [-0.25, -0.2) is 9.97 Å². The van der Waals surface area contributed by atoms with Crippen LogP contribution in [0.1, 0.15) is 42.0 Å². The highest BCUT2D eigenvalue weighted by atomic mass is 35.5. The smallest absolute Gasteiger partial charge is 0.270 e. The van der Waals surface area contributed by atoms with E-state index >= 15 is 0 Å².